The maximum Gasteiger partial charge on any atom is 0.419 e. The summed E-state index contributed by atoms with van der Waals surface area (Å²) in [6.45, 7) is -0.634. The first-order valence-corrected chi connectivity index (χ1v) is 7.70. The van der Waals surface area contributed by atoms with Gasteiger partial charge < -0.3 is 15.4 Å². The summed E-state index contributed by atoms with van der Waals surface area (Å²) in [5.74, 6) is -1.58. The molecule has 0 aliphatic carbocycles. The fourth-order valence-corrected chi connectivity index (χ4v) is 2.28. The van der Waals surface area contributed by atoms with Crippen molar-refractivity contribution in [2.45, 2.75) is 6.18 Å². The molecule has 0 aliphatic heterocycles. The predicted molar refractivity (Wildman–Crippen MR) is 90.4 cm³/mol. The highest BCUT2D eigenvalue weighted by Crippen LogP contribution is 2.35. The van der Waals surface area contributed by atoms with Crippen molar-refractivity contribution in [2.75, 3.05) is 19.0 Å². The molecule has 0 radical (unpaired) electrons. The van der Waals surface area contributed by atoms with Crippen molar-refractivity contribution in [3.63, 3.8) is 0 Å². The summed E-state index contributed by atoms with van der Waals surface area (Å²) < 4.78 is 43.6. The lowest BCUT2D eigenvalue weighted by Gasteiger charge is -2.14. The normalized spacial score (nSPS) is 11.0. The van der Waals surface area contributed by atoms with Crippen LogP contribution in [0.1, 0.15) is 15.9 Å². The van der Waals surface area contributed by atoms with Crippen LogP contribution in [0.15, 0.2) is 42.5 Å². The second-order valence-electron chi connectivity index (χ2n) is 5.10. The molecule has 0 fully saturated rings. The van der Waals surface area contributed by atoms with Crippen molar-refractivity contribution in [1.82, 2.24) is 5.32 Å². The molecule has 0 unspecified atom stereocenters. The number of anilines is 1. The maximum atomic E-state index is 12.9. The topological polar surface area (TPSA) is 67.4 Å². The number of carbonyl (C=O) groups is 2. The summed E-state index contributed by atoms with van der Waals surface area (Å²) >= 11 is 5.90. The van der Waals surface area contributed by atoms with Crippen LogP contribution in [0.3, 0.4) is 0 Å². The zero-order valence-corrected chi connectivity index (χ0v) is 14.2. The third kappa shape index (κ3) is 4.89. The Hall–Kier alpha value is -2.74. The van der Waals surface area contributed by atoms with Crippen molar-refractivity contribution in [3.8, 4) is 5.75 Å². The highest BCUT2D eigenvalue weighted by atomic mass is 35.5. The molecule has 2 amide bonds. The van der Waals surface area contributed by atoms with Gasteiger partial charge in [-0.1, -0.05) is 23.7 Å². The number of para-hydroxylation sites is 1. The average molecular weight is 387 g/mol. The van der Waals surface area contributed by atoms with Gasteiger partial charge in [0.2, 0.25) is 0 Å². The lowest BCUT2D eigenvalue weighted by molar-refractivity contribution is -0.139. The minimum atomic E-state index is -4.59. The molecule has 26 heavy (non-hydrogen) atoms. The number of ether oxygens (including phenoxy) is 1. The number of nitrogens with one attached hydrogen (secondary N) is 2. The van der Waals surface area contributed by atoms with Gasteiger partial charge in [0.25, 0.3) is 11.8 Å². The molecule has 5 nitrogen and oxygen atoms in total. The van der Waals surface area contributed by atoms with Gasteiger partial charge in [-0.2, -0.15) is 13.2 Å². The Morgan fingerprint density at radius 2 is 1.85 bits per heavy atom. The van der Waals surface area contributed by atoms with Crippen LogP contribution in [0.5, 0.6) is 5.75 Å². The molecule has 2 rings (SSSR count). The van der Waals surface area contributed by atoms with Crippen LogP contribution in [0, 0.1) is 0 Å². The van der Waals surface area contributed by atoms with Crippen molar-refractivity contribution in [2.24, 2.45) is 0 Å². The fraction of sp³-hybridized carbons (Fsp3) is 0.176. The minimum absolute atomic E-state index is 0.148. The summed E-state index contributed by atoms with van der Waals surface area (Å²) in [5.41, 5.74) is -0.567. The van der Waals surface area contributed by atoms with E-state index in [2.05, 4.69) is 10.6 Å². The first-order valence-electron chi connectivity index (χ1n) is 7.33. The van der Waals surface area contributed by atoms with Gasteiger partial charge in [0.1, 0.15) is 5.75 Å². The molecule has 0 saturated heterocycles. The number of hydrogen-bond donors (Lipinski definition) is 2. The molecule has 2 N–H and O–H groups in total. The number of alkyl halides is 3. The molecule has 0 bridgehead atoms. The van der Waals surface area contributed by atoms with Crippen molar-refractivity contribution >= 4 is 29.1 Å². The van der Waals surface area contributed by atoms with Crippen LogP contribution in [0.4, 0.5) is 18.9 Å². The maximum absolute atomic E-state index is 12.9. The largest absolute Gasteiger partial charge is 0.483 e. The van der Waals surface area contributed by atoms with Gasteiger partial charge in [-0.3, -0.25) is 9.59 Å². The number of hydrogen-bond acceptors (Lipinski definition) is 3. The van der Waals surface area contributed by atoms with E-state index in [0.717, 1.165) is 12.1 Å². The Morgan fingerprint density at radius 1 is 1.15 bits per heavy atom. The Kier molecular flexibility index (Phi) is 6.10. The summed E-state index contributed by atoms with van der Waals surface area (Å²) in [6, 6.07) is 8.81. The molecular weight excluding hydrogens is 373 g/mol. The number of amides is 2. The summed E-state index contributed by atoms with van der Waals surface area (Å²) in [4.78, 5) is 23.6. The minimum Gasteiger partial charge on any atom is -0.483 e. The average Bonchev–Trinajstić information content (AvgIpc) is 2.60. The lowest BCUT2D eigenvalue weighted by Crippen LogP contribution is -2.22. The first-order chi connectivity index (χ1) is 12.2. The van der Waals surface area contributed by atoms with E-state index < -0.39 is 35.9 Å². The van der Waals surface area contributed by atoms with E-state index in [1.54, 1.807) is 0 Å². The number of rotatable bonds is 5. The van der Waals surface area contributed by atoms with E-state index in [-0.39, 0.29) is 16.3 Å². The van der Waals surface area contributed by atoms with Gasteiger partial charge in [0.05, 0.1) is 16.1 Å². The molecule has 0 aliphatic rings. The zero-order valence-electron chi connectivity index (χ0n) is 13.5. The van der Waals surface area contributed by atoms with E-state index in [0.29, 0.717) is 0 Å². The first kappa shape index (κ1) is 19.6. The van der Waals surface area contributed by atoms with Crippen LogP contribution in [-0.4, -0.2) is 25.5 Å². The summed E-state index contributed by atoms with van der Waals surface area (Å²) in [6.07, 6.45) is -4.59. The van der Waals surface area contributed by atoms with Gasteiger partial charge in [-0.25, -0.2) is 0 Å². The van der Waals surface area contributed by atoms with E-state index in [4.69, 9.17) is 16.3 Å². The fourth-order valence-electron chi connectivity index (χ4n) is 2.08. The van der Waals surface area contributed by atoms with E-state index in [9.17, 15) is 22.8 Å². The summed E-state index contributed by atoms with van der Waals surface area (Å²) in [5, 5.41) is 5.03. The highest BCUT2D eigenvalue weighted by Gasteiger charge is 2.34. The monoisotopic (exact) mass is 386 g/mol. The molecule has 2 aromatic rings. The van der Waals surface area contributed by atoms with Crippen LogP contribution in [0.25, 0.3) is 0 Å². The van der Waals surface area contributed by atoms with Crippen molar-refractivity contribution < 1.29 is 27.5 Å². The second kappa shape index (κ2) is 8.09. The molecule has 0 aromatic heterocycles. The standard InChI is InChI=1S/C17H14ClF3N2O3/c1-22-16(25)11-8-10(6-7-13(11)18)23-15(24)9-26-14-5-3-2-4-12(14)17(19,20)21/h2-8H,9H2,1H3,(H,22,25)(H,23,24). The van der Waals surface area contributed by atoms with Crippen LogP contribution >= 0.6 is 11.6 Å². The number of benzene rings is 2. The molecule has 2 aromatic carbocycles. The number of carbonyl (C=O) groups excluding carboxylic acids is 2. The van der Waals surface area contributed by atoms with Gasteiger partial charge in [-0.15, -0.1) is 0 Å². The van der Waals surface area contributed by atoms with Crippen molar-refractivity contribution in [1.29, 1.82) is 0 Å². The SMILES string of the molecule is CNC(=O)c1cc(NC(=O)COc2ccccc2C(F)(F)F)ccc1Cl. The molecule has 0 heterocycles. The van der Waals surface area contributed by atoms with Crippen LogP contribution in [0.2, 0.25) is 5.02 Å². The quantitative estimate of drug-likeness (QED) is 0.822. The zero-order chi connectivity index (χ0) is 19.3. The Bertz CT molecular complexity index is 825. The van der Waals surface area contributed by atoms with Gasteiger partial charge >= 0.3 is 6.18 Å². The van der Waals surface area contributed by atoms with Crippen LogP contribution < -0.4 is 15.4 Å². The Labute approximate surface area is 152 Å². The van der Waals surface area contributed by atoms with Gasteiger partial charge in [0, 0.05) is 12.7 Å². The van der Waals surface area contributed by atoms with Crippen molar-refractivity contribution in [3.05, 3.63) is 58.6 Å². The Balaban J connectivity index is 2.06. The highest BCUT2D eigenvalue weighted by molar-refractivity contribution is 6.34. The predicted octanol–water partition coefficient (Wildman–Crippen LogP) is 3.74. The molecule has 0 spiro atoms. The smallest absolute Gasteiger partial charge is 0.419 e. The van der Waals surface area contributed by atoms with E-state index in [1.165, 1.54) is 37.4 Å². The molecule has 9 heteroatoms. The lowest BCUT2D eigenvalue weighted by atomic mass is 10.2. The third-order valence-corrected chi connectivity index (χ3v) is 3.60. The molecule has 0 saturated carbocycles. The molecular formula is C17H14ClF3N2O3. The van der Waals surface area contributed by atoms with E-state index in [1.807, 2.05) is 0 Å². The second-order valence-corrected chi connectivity index (χ2v) is 5.51. The third-order valence-electron chi connectivity index (χ3n) is 3.27. The van der Waals surface area contributed by atoms with Gasteiger partial charge in [0.15, 0.2) is 6.61 Å². The van der Waals surface area contributed by atoms with Crippen LogP contribution in [-0.2, 0) is 11.0 Å². The molecule has 0 atom stereocenters. The number of halogens is 4. The molecule has 138 valence electrons. The van der Waals surface area contributed by atoms with Gasteiger partial charge in [-0.05, 0) is 30.3 Å². The summed E-state index contributed by atoms with van der Waals surface area (Å²) in [7, 11) is 1.43. The van der Waals surface area contributed by atoms with E-state index >= 15 is 0 Å². The Morgan fingerprint density at radius 3 is 2.50 bits per heavy atom.